The normalized spacial score (nSPS) is 10.3. The molecule has 0 fully saturated rings. The highest BCUT2D eigenvalue weighted by molar-refractivity contribution is 5.70. The van der Waals surface area contributed by atoms with Crippen molar-refractivity contribution in [3.63, 3.8) is 0 Å². The number of hydrogen-bond donors (Lipinski definition) is 1. The van der Waals surface area contributed by atoms with Crippen LogP contribution >= 0.6 is 0 Å². The van der Waals surface area contributed by atoms with E-state index < -0.39 is 0 Å². The second kappa shape index (κ2) is 3.73. The van der Waals surface area contributed by atoms with Gasteiger partial charge in [-0.2, -0.15) is 0 Å². The van der Waals surface area contributed by atoms with Crippen LogP contribution in [-0.2, 0) is 0 Å². The van der Waals surface area contributed by atoms with Crippen LogP contribution in [0.15, 0.2) is 42.5 Å². The molecule has 0 amide bonds. The average molecular weight is 202 g/mol. The van der Waals surface area contributed by atoms with E-state index in [-0.39, 0.29) is 11.6 Å². The second-order valence-corrected chi connectivity index (χ2v) is 3.53. The van der Waals surface area contributed by atoms with Crippen LogP contribution < -0.4 is 0 Å². The standard InChI is InChI=1S/C13H11FO/c1-9-6-10(8-11(14)7-9)12-4-2-3-5-13(12)15/h2-8,15H,1H3. The fourth-order valence-corrected chi connectivity index (χ4v) is 1.61. The number of para-hydroxylation sites is 1. The zero-order valence-corrected chi connectivity index (χ0v) is 8.37. The first-order chi connectivity index (χ1) is 7.16. The second-order valence-electron chi connectivity index (χ2n) is 3.53. The van der Waals surface area contributed by atoms with Crippen molar-refractivity contribution < 1.29 is 9.50 Å². The Morgan fingerprint density at radius 2 is 1.80 bits per heavy atom. The summed E-state index contributed by atoms with van der Waals surface area (Å²) >= 11 is 0. The van der Waals surface area contributed by atoms with E-state index in [2.05, 4.69) is 0 Å². The molecule has 2 aromatic rings. The lowest BCUT2D eigenvalue weighted by molar-refractivity contribution is 0.477. The first kappa shape index (κ1) is 9.71. The highest BCUT2D eigenvalue weighted by Crippen LogP contribution is 2.29. The molecule has 0 saturated carbocycles. The van der Waals surface area contributed by atoms with Crippen LogP contribution in [0.25, 0.3) is 11.1 Å². The third kappa shape index (κ3) is 1.99. The molecule has 0 saturated heterocycles. The smallest absolute Gasteiger partial charge is 0.124 e. The molecule has 2 rings (SSSR count). The first-order valence-corrected chi connectivity index (χ1v) is 4.72. The lowest BCUT2D eigenvalue weighted by Crippen LogP contribution is -1.83. The van der Waals surface area contributed by atoms with Crippen LogP contribution in [0.3, 0.4) is 0 Å². The number of phenolic OH excluding ortho intramolecular Hbond substituents is 1. The summed E-state index contributed by atoms with van der Waals surface area (Å²) in [7, 11) is 0. The van der Waals surface area contributed by atoms with E-state index in [1.807, 2.05) is 19.1 Å². The Kier molecular flexibility index (Phi) is 2.42. The van der Waals surface area contributed by atoms with Crippen molar-refractivity contribution in [3.05, 3.63) is 53.8 Å². The van der Waals surface area contributed by atoms with Gasteiger partial charge in [0.1, 0.15) is 11.6 Å². The molecule has 2 heteroatoms. The zero-order chi connectivity index (χ0) is 10.8. The van der Waals surface area contributed by atoms with Crippen molar-refractivity contribution in [1.29, 1.82) is 0 Å². The van der Waals surface area contributed by atoms with Crippen LogP contribution in [0.2, 0.25) is 0 Å². The number of aryl methyl sites for hydroxylation is 1. The van der Waals surface area contributed by atoms with Gasteiger partial charge in [0.2, 0.25) is 0 Å². The Balaban J connectivity index is 2.59. The van der Waals surface area contributed by atoms with Crippen molar-refractivity contribution >= 4 is 0 Å². The van der Waals surface area contributed by atoms with Crippen molar-refractivity contribution in [1.82, 2.24) is 0 Å². The van der Waals surface area contributed by atoms with Gasteiger partial charge in [-0.05, 0) is 36.2 Å². The first-order valence-electron chi connectivity index (χ1n) is 4.72. The third-order valence-electron chi connectivity index (χ3n) is 2.26. The minimum absolute atomic E-state index is 0.169. The molecule has 2 aromatic carbocycles. The summed E-state index contributed by atoms with van der Waals surface area (Å²) < 4.78 is 13.2. The van der Waals surface area contributed by atoms with Crippen molar-refractivity contribution in [2.75, 3.05) is 0 Å². The fraction of sp³-hybridized carbons (Fsp3) is 0.0769. The lowest BCUT2D eigenvalue weighted by Gasteiger charge is -2.05. The van der Waals surface area contributed by atoms with Crippen molar-refractivity contribution in [3.8, 4) is 16.9 Å². The zero-order valence-electron chi connectivity index (χ0n) is 8.37. The Labute approximate surface area is 87.8 Å². The van der Waals surface area contributed by atoms with Gasteiger partial charge >= 0.3 is 0 Å². The molecule has 0 aliphatic carbocycles. The Hall–Kier alpha value is -1.83. The number of aromatic hydroxyl groups is 1. The van der Waals surface area contributed by atoms with Gasteiger partial charge in [0.15, 0.2) is 0 Å². The van der Waals surface area contributed by atoms with Crippen LogP contribution in [0.4, 0.5) is 4.39 Å². The van der Waals surface area contributed by atoms with E-state index in [0.717, 1.165) is 5.56 Å². The van der Waals surface area contributed by atoms with Crippen LogP contribution in [-0.4, -0.2) is 5.11 Å². The van der Waals surface area contributed by atoms with Gasteiger partial charge in [0.05, 0.1) is 0 Å². The monoisotopic (exact) mass is 202 g/mol. The molecule has 0 heterocycles. The van der Waals surface area contributed by atoms with Crippen LogP contribution in [0, 0.1) is 12.7 Å². The molecule has 76 valence electrons. The maximum Gasteiger partial charge on any atom is 0.124 e. The summed E-state index contributed by atoms with van der Waals surface area (Å²) in [6.07, 6.45) is 0. The van der Waals surface area contributed by atoms with E-state index >= 15 is 0 Å². The van der Waals surface area contributed by atoms with Gasteiger partial charge in [0, 0.05) is 5.56 Å². The van der Waals surface area contributed by atoms with E-state index in [9.17, 15) is 9.50 Å². The molecular weight excluding hydrogens is 191 g/mol. The van der Waals surface area contributed by atoms with Gasteiger partial charge < -0.3 is 5.11 Å². The van der Waals surface area contributed by atoms with E-state index in [1.165, 1.54) is 12.1 Å². The largest absolute Gasteiger partial charge is 0.507 e. The number of halogens is 1. The predicted molar refractivity (Wildman–Crippen MR) is 58.2 cm³/mol. The summed E-state index contributed by atoms with van der Waals surface area (Å²) in [5.74, 6) is -0.115. The number of phenols is 1. The summed E-state index contributed by atoms with van der Waals surface area (Å²) in [5.41, 5.74) is 2.19. The quantitative estimate of drug-likeness (QED) is 0.750. The van der Waals surface area contributed by atoms with E-state index in [1.54, 1.807) is 18.2 Å². The van der Waals surface area contributed by atoms with Gasteiger partial charge in [-0.15, -0.1) is 0 Å². The van der Waals surface area contributed by atoms with Crippen LogP contribution in [0.5, 0.6) is 5.75 Å². The molecular formula is C13H11FO. The Bertz CT molecular complexity index is 471. The number of hydrogen-bond acceptors (Lipinski definition) is 1. The number of rotatable bonds is 1. The van der Waals surface area contributed by atoms with E-state index in [0.29, 0.717) is 11.1 Å². The van der Waals surface area contributed by atoms with Crippen molar-refractivity contribution in [2.24, 2.45) is 0 Å². The predicted octanol–water partition coefficient (Wildman–Crippen LogP) is 3.51. The molecule has 0 radical (unpaired) electrons. The van der Waals surface area contributed by atoms with Crippen molar-refractivity contribution in [2.45, 2.75) is 6.92 Å². The molecule has 0 aliphatic heterocycles. The molecule has 0 unspecified atom stereocenters. The summed E-state index contributed by atoms with van der Waals surface area (Å²) in [6.45, 7) is 1.83. The molecule has 0 aliphatic rings. The van der Waals surface area contributed by atoms with Crippen LogP contribution in [0.1, 0.15) is 5.56 Å². The highest BCUT2D eigenvalue weighted by atomic mass is 19.1. The Morgan fingerprint density at radius 3 is 2.47 bits per heavy atom. The molecule has 1 N–H and O–H groups in total. The molecule has 0 aromatic heterocycles. The minimum atomic E-state index is -0.284. The SMILES string of the molecule is Cc1cc(F)cc(-c2ccccc2O)c1. The average Bonchev–Trinajstić information content (AvgIpc) is 2.16. The lowest BCUT2D eigenvalue weighted by atomic mass is 10.0. The molecule has 0 atom stereocenters. The Morgan fingerprint density at radius 1 is 1.07 bits per heavy atom. The maximum atomic E-state index is 13.2. The number of benzene rings is 2. The fourth-order valence-electron chi connectivity index (χ4n) is 1.61. The van der Waals surface area contributed by atoms with Gasteiger partial charge in [-0.25, -0.2) is 4.39 Å². The maximum absolute atomic E-state index is 13.2. The molecule has 0 bridgehead atoms. The molecule has 0 spiro atoms. The molecule has 15 heavy (non-hydrogen) atoms. The minimum Gasteiger partial charge on any atom is -0.507 e. The summed E-state index contributed by atoms with van der Waals surface area (Å²) in [6, 6.07) is 11.6. The summed E-state index contributed by atoms with van der Waals surface area (Å²) in [5, 5.41) is 9.62. The third-order valence-corrected chi connectivity index (χ3v) is 2.26. The van der Waals surface area contributed by atoms with Gasteiger partial charge in [-0.1, -0.05) is 24.3 Å². The van der Waals surface area contributed by atoms with Gasteiger partial charge in [0.25, 0.3) is 0 Å². The highest BCUT2D eigenvalue weighted by Gasteiger charge is 2.04. The topological polar surface area (TPSA) is 20.2 Å². The molecule has 1 nitrogen and oxygen atoms in total. The van der Waals surface area contributed by atoms with Gasteiger partial charge in [-0.3, -0.25) is 0 Å². The summed E-state index contributed by atoms with van der Waals surface area (Å²) in [4.78, 5) is 0. The van der Waals surface area contributed by atoms with E-state index in [4.69, 9.17) is 0 Å².